The standard InChI is InChI=1S/C18H20N6O3S/c1-13-18(14(2)27-22-13)28(25,26)24-11-9-23(10-12-24)17-7-6-16(20-21-17)15-5-3-4-8-19-15/h3-8H,9-12H2,1-2H3. The molecule has 28 heavy (non-hydrogen) atoms. The first-order chi connectivity index (χ1) is 13.5. The average molecular weight is 400 g/mol. The monoisotopic (exact) mass is 400 g/mol. The van der Waals surface area contributed by atoms with Crippen LogP contribution in [0, 0.1) is 13.8 Å². The normalized spacial score (nSPS) is 15.7. The van der Waals surface area contributed by atoms with E-state index in [9.17, 15) is 8.42 Å². The minimum Gasteiger partial charge on any atom is -0.360 e. The maximum atomic E-state index is 12.9. The molecule has 0 bridgehead atoms. The summed E-state index contributed by atoms with van der Waals surface area (Å²) in [5.41, 5.74) is 1.84. The van der Waals surface area contributed by atoms with Crippen LogP contribution in [0.3, 0.4) is 0 Å². The molecule has 0 spiro atoms. The molecule has 3 aromatic rings. The molecule has 0 atom stereocenters. The van der Waals surface area contributed by atoms with Gasteiger partial charge in [-0.05, 0) is 38.1 Å². The van der Waals surface area contributed by atoms with Crippen LogP contribution in [0.2, 0.25) is 0 Å². The van der Waals surface area contributed by atoms with Crippen LogP contribution in [0.15, 0.2) is 45.9 Å². The number of hydrogen-bond acceptors (Lipinski definition) is 8. The fourth-order valence-corrected chi connectivity index (χ4v) is 4.99. The molecular weight excluding hydrogens is 380 g/mol. The lowest BCUT2D eigenvalue weighted by molar-refractivity contribution is 0.377. The van der Waals surface area contributed by atoms with Gasteiger partial charge in [-0.1, -0.05) is 11.2 Å². The van der Waals surface area contributed by atoms with Crippen LogP contribution in [0.5, 0.6) is 0 Å². The van der Waals surface area contributed by atoms with E-state index in [4.69, 9.17) is 4.52 Å². The number of sulfonamides is 1. The van der Waals surface area contributed by atoms with Crippen molar-refractivity contribution in [1.82, 2.24) is 24.6 Å². The van der Waals surface area contributed by atoms with E-state index >= 15 is 0 Å². The van der Waals surface area contributed by atoms with Crippen LogP contribution in [0.4, 0.5) is 5.82 Å². The molecule has 0 unspecified atom stereocenters. The summed E-state index contributed by atoms with van der Waals surface area (Å²) < 4.78 is 32.3. The second kappa shape index (κ2) is 7.28. The summed E-state index contributed by atoms with van der Waals surface area (Å²) in [4.78, 5) is 6.45. The van der Waals surface area contributed by atoms with Gasteiger partial charge in [0.05, 0.1) is 5.69 Å². The highest BCUT2D eigenvalue weighted by atomic mass is 32.2. The van der Waals surface area contributed by atoms with E-state index in [0.717, 1.165) is 5.69 Å². The first-order valence-electron chi connectivity index (χ1n) is 8.90. The van der Waals surface area contributed by atoms with Crippen LogP contribution in [-0.4, -0.2) is 59.2 Å². The summed E-state index contributed by atoms with van der Waals surface area (Å²) in [7, 11) is -3.62. The molecule has 10 heteroatoms. The third-order valence-corrected chi connectivity index (χ3v) is 6.85. The summed E-state index contributed by atoms with van der Waals surface area (Å²) in [5.74, 6) is 1.03. The Morgan fingerprint density at radius 1 is 0.964 bits per heavy atom. The summed E-state index contributed by atoms with van der Waals surface area (Å²) in [5, 5.41) is 12.3. The molecule has 0 N–H and O–H groups in total. The van der Waals surface area contributed by atoms with Crippen molar-refractivity contribution in [2.45, 2.75) is 18.7 Å². The van der Waals surface area contributed by atoms with Crippen molar-refractivity contribution in [3.8, 4) is 11.4 Å². The van der Waals surface area contributed by atoms with Crippen LogP contribution in [0.25, 0.3) is 11.4 Å². The maximum absolute atomic E-state index is 12.9. The van der Waals surface area contributed by atoms with Crippen LogP contribution in [0.1, 0.15) is 11.5 Å². The molecule has 9 nitrogen and oxygen atoms in total. The predicted octanol–water partition coefficient (Wildman–Crippen LogP) is 1.65. The summed E-state index contributed by atoms with van der Waals surface area (Å²) in [6, 6.07) is 9.38. The smallest absolute Gasteiger partial charge is 0.248 e. The van der Waals surface area contributed by atoms with Crippen molar-refractivity contribution in [3.05, 3.63) is 48.0 Å². The van der Waals surface area contributed by atoms with Crippen molar-refractivity contribution < 1.29 is 12.9 Å². The maximum Gasteiger partial charge on any atom is 0.248 e. The first kappa shape index (κ1) is 18.5. The highest BCUT2D eigenvalue weighted by Crippen LogP contribution is 2.25. The zero-order chi connectivity index (χ0) is 19.7. The molecule has 0 radical (unpaired) electrons. The SMILES string of the molecule is Cc1noc(C)c1S(=O)(=O)N1CCN(c2ccc(-c3ccccn3)nn2)CC1. The fourth-order valence-electron chi connectivity index (χ4n) is 3.27. The molecule has 1 saturated heterocycles. The van der Waals surface area contributed by atoms with Gasteiger partial charge in [0.25, 0.3) is 0 Å². The Hall–Kier alpha value is -2.85. The molecule has 146 valence electrons. The molecule has 0 aromatic carbocycles. The number of nitrogens with zero attached hydrogens (tertiary/aromatic N) is 6. The van der Waals surface area contributed by atoms with Gasteiger partial charge >= 0.3 is 0 Å². The average Bonchev–Trinajstić information content (AvgIpc) is 3.08. The van der Waals surface area contributed by atoms with E-state index in [1.807, 2.05) is 35.2 Å². The van der Waals surface area contributed by atoms with Crippen LogP contribution in [-0.2, 0) is 10.0 Å². The summed E-state index contributed by atoms with van der Waals surface area (Å²) >= 11 is 0. The largest absolute Gasteiger partial charge is 0.360 e. The van der Waals surface area contributed by atoms with Gasteiger partial charge in [-0.25, -0.2) is 8.42 Å². The molecule has 1 fully saturated rings. The molecule has 1 aliphatic heterocycles. The molecule has 1 aliphatic rings. The number of aryl methyl sites for hydroxylation is 2. The number of aromatic nitrogens is 4. The molecule has 0 saturated carbocycles. The van der Waals surface area contributed by atoms with E-state index in [-0.39, 0.29) is 4.90 Å². The first-order valence-corrected chi connectivity index (χ1v) is 10.3. The Kier molecular flexibility index (Phi) is 4.82. The Balaban J connectivity index is 1.46. The van der Waals surface area contributed by atoms with Crippen molar-refractivity contribution in [2.24, 2.45) is 0 Å². The van der Waals surface area contributed by atoms with E-state index in [2.05, 4.69) is 20.3 Å². The lowest BCUT2D eigenvalue weighted by Crippen LogP contribution is -2.49. The number of hydrogen-bond donors (Lipinski definition) is 0. The zero-order valence-electron chi connectivity index (χ0n) is 15.6. The van der Waals surface area contributed by atoms with Gasteiger partial charge in [0, 0.05) is 32.4 Å². The van der Waals surface area contributed by atoms with Gasteiger partial charge in [-0.15, -0.1) is 10.2 Å². The Bertz CT molecular complexity index is 1040. The van der Waals surface area contributed by atoms with Crippen molar-refractivity contribution in [2.75, 3.05) is 31.1 Å². The highest BCUT2D eigenvalue weighted by Gasteiger charge is 2.33. The Morgan fingerprint density at radius 2 is 1.75 bits per heavy atom. The number of pyridine rings is 1. The van der Waals surface area contributed by atoms with E-state index < -0.39 is 10.0 Å². The second-order valence-corrected chi connectivity index (χ2v) is 8.41. The quantitative estimate of drug-likeness (QED) is 0.651. The highest BCUT2D eigenvalue weighted by molar-refractivity contribution is 7.89. The van der Waals surface area contributed by atoms with Crippen molar-refractivity contribution in [3.63, 3.8) is 0 Å². The number of anilines is 1. The van der Waals surface area contributed by atoms with Gasteiger partial charge in [0.1, 0.15) is 16.3 Å². The predicted molar refractivity (Wildman–Crippen MR) is 102 cm³/mol. The minimum absolute atomic E-state index is 0.167. The molecular formula is C18H20N6O3S. The van der Waals surface area contributed by atoms with Crippen LogP contribution < -0.4 is 4.90 Å². The number of piperazine rings is 1. The third-order valence-electron chi connectivity index (χ3n) is 4.71. The second-order valence-electron chi connectivity index (χ2n) is 6.54. The molecule has 4 heterocycles. The third kappa shape index (κ3) is 3.36. The van der Waals surface area contributed by atoms with E-state index in [1.165, 1.54) is 4.31 Å². The van der Waals surface area contributed by atoms with Crippen molar-refractivity contribution >= 4 is 15.8 Å². The molecule has 4 rings (SSSR count). The fraction of sp³-hybridized carbons (Fsp3) is 0.333. The molecule has 0 amide bonds. The molecule has 0 aliphatic carbocycles. The van der Waals surface area contributed by atoms with Gasteiger partial charge < -0.3 is 9.42 Å². The Morgan fingerprint density at radius 3 is 2.32 bits per heavy atom. The Labute approximate surface area is 163 Å². The van der Waals surface area contributed by atoms with Gasteiger partial charge in [0.2, 0.25) is 10.0 Å². The lowest BCUT2D eigenvalue weighted by atomic mass is 10.2. The topological polar surface area (TPSA) is 105 Å². The lowest BCUT2D eigenvalue weighted by Gasteiger charge is -2.34. The molecule has 3 aromatic heterocycles. The van der Waals surface area contributed by atoms with Gasteiger partial charge in [-0.3, -0.25) is 4.98 Å². The zero-order valence-corrected chi connectivity index (χ0v) is 16.4. The number of rotatable bonds is 4. The van der Waals surface area contributed by atoms with Crippen LogP contribution >= 0.6 is 0 Å². The van der Waals surface area contributed by atoms with Gasteiger partial charge in [-0.2, -0.15) is 4.31 Å². The van der Waals surface area contributed by atoms with Crippen molar-refractivity contribution in [1.29, 1.82) is 0 Å². The van der Waals surface area contributed by atoms with E-state index in [1.54, 1.807) is 20.0 Å². The minimum atomic E-state index is -3.62. The summed E-state index contributed by atoms with van der Waals surface area (Å²) in [6.45, 7) is 5.02. The van der Waals surface area contributed by atoms with Gasteiger partial charge in [0.15, 0.2) is 11.6 Å². The summed E-state index contributed by atoms with van der Waals surface area (Å²) in [6.07, 6.45) is 1.71. The van der Waals surface area contributed by atoms with E-state index in [0.29, 0.717) is 49.1 Å².